The Labute approximate surface area is 189 Å². The first kappa shape index (κ1) is 21.3. The van der Waals surface area contributed by atoms with Crippen molar-refractivity contribution in [2.75, 3.05) is 23.4 Å². The van der Waals surface area contributed by atoms with Gasteiger partial charge in [-0.2, -0.15) is 13.2 Å². The van der Waals surface area contributed by atoms with Gasteiger partial charge in [-0.1, -0.05) is 24.3 Å². The van der Waals surface area contributed by atoms with Crippen LogP contribution in [0.1, 0.15) is 24.4 Å². The third-order valence-corrected chi connectivity index (χ3v) is 6.51. The van der Waals surface area contributed by atoms with Crippen LogP contribution in [0.25, 0.3) is 11.1 Å². The lowest BCUT2D eigenvalue weighted by atomic mass is 9.90. The summed E-state index contributed by atoms with van der Waals surface area (Å²) in [5.41, 5.74) is 6.21. The molecule has 3 aromatic rings. The molecule has 2 aromatic carbocycles. The second kappa shape index (κ2) is 8.10. The average Bonchev–Trinajstić information content (AvgIpc) is 2.92. The molecular weight excluding hydrogens is 429 g/mol. The number of halogens is 3. The quantitative estimate of drug-likeness (QED) is 0.579. The number of rotatable bonds is 2. The van der Waals surface area contributed by atoms with Crippen LogP contribution in [0.2, 0.25) is 0 Å². The number of hydrogen-bond acceptors (Lipinski definition) is 4. The number of hydrogen-bond donors (Lipinski definition) is 1. The molecule has 3 heterocycles. The van der Waals surface area contributed by atoms with Gasteiger partial charge in [0, 0.05) is 37.7 Å². The fourth-order valence-corrected chi connectivity index (χ4v) is 4.91. The summed E-state index contributed by atoms with van der Waals surface area (Å²) in [4.78, 5) is 20.1. The number of nitrogens with zero attached hydrogens (tertiary/aromatic N) is 3. The molecule has 0 bridgehead atoms. The molecule has 33 heavy (non-hydrogen) atoms. The van der Waals surface area contributed by atoms with E-state index in [4.69, 9.17) is 0 Å². The highest BCUT2D eigenvalue weighted by molar-refractivity contribution is 5.86. The Hall–Kier alpha value is -3.55. The minimum Gasteiger partial charge on any atom is -0.363 e. The standard InChI is InChI=1S/C25H23F3N4O/c1-31-20-5-3-2-4-19(20)22-15-18(30-24(33)25(26,27)28)10-13-32(22)21-7-6-17(14-23(21)31)16-8-11-29-12-9-16/h2-9,11-12,14,18,22H,10,13,15H2,1H3,(H,30,33). The molecule has 2 aliphatic rings. The second-order valence-electron chi connectivity index (χ2n) is 8.46. The fraction of sp³-hybridized carbons (Fsp3) is 0.280. The summed E-state index contributed by atoms with van der Waals surface area (Å²) in [5.74, 6) is -1.87. The van der Waals surface area contributed by atoms with Crippen molar-refractivity contribution in [2.45, 2.75) is 31.1 Å². The van der Waals surface area contributed by atoms with Crippen molar-refractivity contribution in [3.05, 3.63) is 72.6 Å². The van der Waals surface area contributed by atoms with Crippen LogP contribution in [-0.4, -0.2) is 36.7 Å². The number of alkyl halides is 3. The number of carbonyl (C=O) groups is 1. The minimum atomic E-state index is -4.88. The van der Waals surface area contributed by atoms with Gasteiger partial charge in [0.05, 0.1) is 17.4 Å². The maximum atomic E-state index is 12.8. The van der Waals surface area contributed by atoms with E-state index in [9.17, 15) is 18.0 Å². The molecule has 1 fully saturated rings. The van der Waals surface area contributed by atoms with Gasteiger partial charge >= 0.3 is 12.1 Å². The Morgan fingerprint density at radius 1 is 1.00 bits per heavy atom. The van der Waals surface area contributed by atoms with Gasteiger partial charge in [-0.3, -0.25) is 9.78 Å². The molecule has 2 aliphatic heterocycles. The summed E-state index contributed by atoms with van der Waals surface area (Å²) in [6, 6.07) is 17.5. The summed E-state index contributed by atoms with van der Waals surface area (Å²) in [5, 5.41) is 2.20. The molecular formula is C25H23F3N4O. The van der Waals surface area contributed by atoms with Crippen LogP contribution in [0.15, 0.2) is 67.0 Å². The third-order valence-electron chi connectivity index (χ3n) is 6.51. The Kier molecular flexibility index (Phi) is 5.23. The molecule has 5 rings (SSSR count). The van der Waals surface area contributed by atoms with Crippen molar-refractivity contribution in [1.82, 2.24) is 10.3 Å². The topological polar surface area (TPSA) is 48.5 Å². The van der Waals surface area contributed by atoms with Crippen LogP contribution in [0, 0.1) is 0 Å². The Bertz CT molecular complexity index is 1180. The second-order valence-corrected chi connectivity index (χ2v) is 8.46. The van der Waals surface area contributed by atoms with E-state index < -0.39 is 18.1 Å². The first-order chi connectivity index (χ1) is 15.8. The van der Waals surface area contributed by atoms with E-state index in [-0.39, 0.29) is 6.04 Å². The largest absolute Gasteiger partial charge is 0.471 e. The SMILES string of the molecule is CN1c2ccccc2C2CC(NC(=O)C(F)(F)F)CCN2c2ccc(-c3ccncc3)cc21. The molecule has 8 heteroatoms. The van der Waals surface area contributed by atoms with E-state index in [2.05, 4.69) is 38.3 Å². The van der Waals surface area contributed by atoms with Gasteiger partial charge in [0.25, 0.3) is 0 Å². The van der Waals surface area contributed by atoms with Gasteiger partial charge in [-0.05, 0) is 59.9 Å². The van der Waals surface area contributed by atoms with E-state index in [0.29, 0.717) is 19.4 Å². The molecule has 0 aliphatic carbocycles. The van der Waals surface area contributed by atoms with Crippen LogP contribution in [-0.2, 0) is 4.79 Å². The lowest BCUT2D eigenvalue weighted by molar-refractivity contribution is -0.174. The maximum absolute atomic E-state index is 12.8. The van der Waals surface area contributed by atoms with Crippen LogP contribution in [0.3, 0.4) is 0 Å². The zero-order chi connectivity index (χ0) is 23.2. The number of amides is 1. The number of nitrogens with one attached hydrogen (secondary N) is 1. The summed E-state index contributed by atoms with van der Waals surface area (Å²) < 4.78 is 38.5. The number of pyridine rings is 1. The number of piperidine rings is 1. The summed E-state index contributed by atoms with van der Waals surface area (Å²) in [6.07, 6.45) is -0.519. The highest BCUT2D eigenvalue weighted by Crippen LogP contribution is 2.48. The van der Waals surface area contributed by atoms with Crippen LogP contribution >= 0.6 is 0 Å². The van der Waals surface area contributed by atoms with Gasteiger partial charge in [-0.25, -0.2) is 0 Å². The molecule has 1 saturated heterocycles. The number of fused-ring (bicyclic) bond motifs is 5. The van der Waals surface area contributed by atoms with Gasteiger partial charge < -0.3 is 15.1 Å². The van der Waals surface area contributed by atoms with Gasteiger partial charge in [0.15, 0.2) is 0 Å². The monoisotopic (exact) mass is 452 g/mol. The van der Waals surface area contributed by atoms with Crippen molar-refractivity contribution in [1.29, 1.82) is 0 Å². The van der Waals surface area contributed by atoms with E-state index in [1.54, 1.807) is 12.4 Å². The zero-order valence-corrected chi connectivity index (χ0v) is 18.0. The van der Waals surface area contributed by atoms with Crippen LogP contribution in [0.4, 0.5) is 30.2 Å². The van der Waals surface area contributed by atoms with Crippen molar-refractivity contribution in [2.24, 2.45) is 0 Å². The van der Waals surface area contributed by atoms with Crippen molar-refractivity contribution < 1.29 is 18.0 Å². The third kappa shape index (κ3) is 3.90. The van der Waals surface area contributed by atoms with Gasteiger partial charge in [-0.15, -0.1) is 0 Å². The molecule has 170 valence electrons. The molecule has 1 N–H and O–H groups in total. The molecule has 2 atom stereocenters. The number of para-hydroxylation sites is 1. The van der Waals surface area contributed by atoms with Gasteiger partial charge in [0.2, 0.25) is 0 Å². The van der Waals surface area contributed by atoms with E-state index in [0.717, 1.165) is 33.8 Å². The minimum absolute atomic E-state index is 0.149. The van der Waals surface area contributed by atoms with E-state index >= 15 is 0 Å². The predicted molar refractivity (Wildman–Crippen MR) is 121 cm³/mol. The molecule has 0 spiro atoms. The molecule has 1 aromatic heterocycles. The Balaban J connectivity index is 1.55. The molecule has 0 saturated carbocycles. The average molecular weight is 452 g/mol. The number of anilines is 3. The lowest BCUT2D eigenvalue weighted by Crippen LogP contribution is -2.49. The van der Waals surface area contributed by atoms with Crippen molar-refractivity contribution in [3.8, 4) is 11.1 Å². The van der Waals surface area contributed by atoms with E-state index in [1.807, 2.05) is 43.4 Å². The summed E-state index contributed by atoms with van der Waals surface area (Å²) in [6.45, 7) is 0.539. The first-order valence-corrected chi connectivity index (χ1v) is 10.8. The molecule has 5 nitrogen and oxygen atoms in total. The van der Waals surface area contributed by atoms with Crippen molar-refractivity contribution in [3.63, 3.8) is 0 Å². The molecule has 1 amide bonds. The van der Waals surface area contributed by atoms with Crippen LogP contribution in [0.5, 0.6) is 0 Å². The number of benzene rings is 2. The normalized spacial score (nSPS) is 19.8. The smallest absolute Gasteiger partial charge is 0.363 e. The van der Waals surface area contributed by atoms with E-state index in [1.165, 1.54) is 0 Å². The number of aromatic nitrogens is 1. The van der Waals surface area contributed by atoms with Crippen molar-refractivity contribution >= 4 is 23.0 Å². The summed E-state index contributed by atoms with van der Waals surface area (Å²) in [7, 11) is 2.01. The molecule has 2 unspecified atom stereocenters. The molecule has 0 radical (unpaired) electrons. The fourth-order valence-electron chi connectivity index (χ4n) is 4.91. The number of carbonyl (C=O) groups excluding carboxylic acids is 1. The highest BCUT2D eigenvalue weighted by atomic mass is 19.4. The van der Waals surface area contributed by atoms with Gasteiger partial charge in [0.1, 0.15) is 0 Å². The maximum Gasteiger partial charge on any atom is 0.471 e. The summed E-state index contributed by atoms with van der Waals surface area (Å²) >= 11 is 0. The predicted octanol–water partition coefficient (Wildman–Crippen LogP) is 5.22. The first-order valence-electron chi connectivity index (χ1n) is 10.8. The highest BCUT2D eigenvalue weighted by Gasteiger charge is 2.42. The lowest BCUT2D eigenvalue weighted by Gasteiger charge is -2.41. The Morgan fingerprint density at radius 2 is 1.76 bits per heavy atom. The van der Waals surface area contributed by atoms with Crippen LogP contribution < -0.4 is 15.1 Å². The zero-order valence-electron chi connectivity index (χ0n) is 18.0. The Morgan fingerprint density at radius 3 is 2.52 bits per heavy atom.